The summed E-state index contributed by atoms with van der Waals surface area (Å²) in [6.07, 6.45) is 6.23. The Labute approximate surface area is 158 Å². The van der Waals surface area contributed by atoms with Crippen molar-refractivity contribution in [3.05, 3.63) is 41.4 Å². The topological polar surface area (TPSA) is 77.2 Å². The van der Waals surface area contributed by atoms with Gasteiger partial charge in [-0.25, -0.2) is 4.98 Å². The van der Waals surface area contributed by atoms with Crippen molar-refractivity contribution in [2.45, 2.75) is 62.5 Å². The molecular formula is C19H25N3O3S. The third kappa shape index (κ3) is 5.32. The van der Waals surface area contributed by atoms with Gasteiger partial charge in [0.25, 0.3) is 5.91 Å². The molecule has 3 heterocycles. The maximum absolute atomic E-state index is 12.7. The molecule has 0 aliphatic carbocycles. The second-order valence-corrected chi connectivity index (χ2v) is 7.62. The van der Waals surface area contributed by atoms with Crippen LogP contribution < -0.4 is 5.32 Å². The number of carbonyl (C=O) groups excluding carboxylic acids is 1. The number of aromatic nitrogens is 2. The molecule has 1 saturated heterocycles. The molecule has 6 nitrogen and oxygen atoms in total. The molecule has 140 valence electrons. The number of nitrogens with zero attached hydrogens (tertiary/aromatic N) is 2. The average Bonchev–Trinajstić information content (AvgIpc) is 3.30. The normalized spacial score (nSPS) is 18.0. The van der Waals surface area contributed by atoms with Crippen molar-refractivity contribution in [1.82, 2.24) is 15.5 Å². The molecule has 0 radical (unpaired) electrons. The highest BCUT2D eigenvalue weighted by Gasteiger charge is 2.19. The van der Waals surface area contributed by atoms with Gasteiger partial charge >= 0.3 is 0 Å². The van der Waals surface area contributed by atoms with Crippen LogP contribution in [0, 0.1) is 6.92 Å². The van der Waals surface area contributed by atoms with Crippen molar-refractivity contribution in [2.24, 2.45) is 0 Å². The van der Waals surface area contributed by atoms with Crippen molar-refractivity contribution in [3.8, 4) is 0 Å². The standard InChI is InChI=1S/C19H25N3O3S/c1-13(7-8-16-5-4-10-24-16)21-18(23)17-6-3-9-20-19(17)26-12-15-11-14(2)25-22-15/h3,6,9,11,13,16H,4-5,7-8,10,12H2,1-2H3,(H,21,23)/t13-,16-/m1/s1. The molecule has 0 unspecified atom stereocenters. The predicted molar refractivity (Wildman–Crippen MR) is 100 cm³/mol. The van der Waals surface area contributed by atoms with Crippen LogP contribution >= 0.6 is 11.8 Å². The summed E-state index contributed by atoms with van der Waals surface area (Å²) in [5.41, 5.74) is 1.44. The second kappa shape index (κ2) is 9.19. The van der Waals surface area contributed by atoms with Crippen molar-refractivity contribution in [2.75, 3.05) is 6.61 Å². The molecule has 0 saturated carbocycles. The van der Waals surface area contributed by atoms with E-state index in [0.717, 1.165) is 43.7 Å². The van der Waals surface area contributed by atoms with Crippen LogP contribution in [-0.4, -0.2) is 34.8 Å². The molecule has 2 atom stereocenters. The van der Waals surface area contributed by atoms with Gasteiger partial charge in [0.2, 0.25) is 0 Å². The van der Waals surface area contributed by atoms with Crippen molar-refractivity contribution < 1.29 is 14.1 Å². The zero-order valence-corrected chi connectivity index (χ0v) is 16.1. The highest BCUT2D eigenvalue weighted by atomic mass is 32.2. The van der Waals surface area contributed by atoms with Crippen LogP contribution in [0.3, 0.4) is 0 Å². The molecular weight excluding hydrogens is 350 g/mol. The molecule has 26 heavy (non-hydrogen) atoms. The number of carbonyl (C=O) groups is 1. The van der Waals surface area contributed by atoms with E-state index in [0.29, 0.717) is 22.4 Å². The Hall–Kier alpha value is -1.86. The highest BCUT2D eigenvalue weighted by Crippen LogP contribution is 2.24. The number of amides is 1. The van der Waals surface area contributed by atoms with Crippen molar-refractivity contribution in [3.63, 3.8) is 0 Å². The third-order valence-electron chi connectivity index (χ3n) is 4.37. The molecule has 7 heteroatoms. The van der Waals surface area contributed by atoms with Crippen molar-refractivity contribution >= 4 is 17.7 Å². The number of hydrogen-bond acceptors (Lipinski definition) is 6. The fraction of sp³-hybridized carbons (Fsp3) is 0.526. The molecule has 1 N–H and O–H groups in total. The van der Waals surface area contributed by atoms with Gasteiger partial charge in [-0.2, -0.15) is 0 Å². The number of rotatable bonds is 8. The molecule has 0 bridgehead atoms. The van der Waals surface area contributed by atoms with Gasteiger partial charge in [-0.05, 0) is 51.7 Å². The zero-order valence-electron chi connectivity index (χ0n) is 15.2. The molecule has 0 aromatic carbocycles. The van der Waals surface area contributed by atoms with E-state index < -0.39 is 0 Å². The van der Waals surface area contributed by atoms with Gasteiger partial charge in [0.1, 0.15) is 10.8 Å². The van der Waals surface area contributed by atoms with Crippen LogP contribution in [0.2, 0.25) is 0 Å². The summed E-state index contributed by atoms with van der Waals surface area (Å²) in [6, 6.07) is 5.59. The van der Waals surface area contributed by atoms with E-state index in [4.69, 9.17) is 9.26 Å². The van der Waals surface area contributed by atoms with E-state index in [1.165, 1.54) is 11.8 Å². The Morgan fingerprint density at radius 3 is 3.12 bits per heavy atom. The summed E-state index contributed by atoms with van der Waals surface area (Å²) < 4.78 is 10.7. The summed E-state index contributed by atoms with van der Waals surface area (Å²) in [6.45, 7) is 4.76. The molecule has 0 spiro atoms. The Bertz CT molecular complexity index is 728. The summed E-state index contributed by atoms with van der Waals surface area (Å²) >= 11 is 1.49. The lowest BCUT2D eigenvalue weighted by Gasteiger charge is -2.17. The van der Waals surface area contributed by atoms with Crippen LogP contribution in [0.5, 0.6) is 0 Å². The summed E-state index contributed by atoms with van der Waals surface area (Å²) in [4.78, 5) is 17.0. The van der Waals surface area contributed by atoms with E-state index in [9.17, 15) is 4.79 Å². The van der Waals surface area contributed by atoms with Gasteiger partial charge < -0.3 is 14.6 Å². The first-order chi connectivity index (χ1) is 12.6. The summed E-state index contributed by atoms with van der Waals surface area (Å²) in [5, 5.41) is 7.77. The lowest BCUT2D eigenvalue weighted by Crippen LogP contribution is -2.33. The number of nitrogens with one attached hydrogen (secondary N) is 1. The minimum Gasteiger partial charge on any atom is -0.378 e. The van der Waals surface area contributed by atoms with Crippen LogP contribution in [0.25, 0.3) is 0 Å². The van der Waals surface area contributed by atoms with Crippen LogP contribution in [-0.2, 0) is 10.5 Å². The fourth-order valence-electron chi connectivity index (χ4n) is 2.99. The quantitative estimate of drug-likeness (QED) is 0.708. The first kappa shape index (κ1) is 18.9. The molecule has 1 aliphatic heterocycles. The monoisotopic (exact) mass is 375 g/mol. The van der Waals surface area contributed by atoms with E-state index >= 15 is 0 Å². The minimum absolute atomic E-state index is 0.0863. The Balaban J connectivity index is 1.54. The second-order valence-electron chi connectivity index (χ2n) is 6.66. The largest absolute Gasteiger partial charge is 0.378 e. The third-order valence-corrected chi connectivity index (χ3v) is 5.41. The van der Waals surface area contributed by atoms with Gasteiger partial charge in [0.15, 0.2) is 0 Å². The van der Waals surface area contributed by atoms with Crippen LogP contribution in [0.1, 0.15) is 54.4 Å². The Morgan fingerprint density at radius 1 is 1.50 bits per heavy atom. The lowest BCUT2D eigenvalue weighted by molar-refractivity contribution is 0.0896. The lowest BCUT2D eigenvalue weighted by atomic mass is 10.1. The Kier molecular flexibility index (Phi) is 6.68. The number of thioether (sulfide) groups is 1. The van der Waals surface area contributed by atoms with E-state index in [2.05, 4.69) is 15.5 Å². The van der Waals surface area contributed by atoms with E-state index in [-0.39, 0.29) is 11.9 Å². The predicted octanol–water partition coefficient (Wildman–Crippen LogP) is 3.75. The Morgan fingerprint density at radius 2 is 2.38 bits per heavy atom. The van der Waals surface area contributed by atoms with Gasteiger partial charge in [0.05, 0.1) is 17.4 Å². The zero-order chi connectivity index (χ0) is 18.4. The molecule has 3 rings (SSSR count). The summed E-state index contributed by atoms with van der Waals surface area (Å²) in [7, 11) is 0. The van der Waals surface area contributed by atoms with E-state index in [1.807, 2.05) is 26.0 Å². The summed E-state index contributed by atoms with van der Waals surface area (Å²) in [5.74, 6) is 1.31. The fourth-order valence-corrected chi connectivity index (χ4v) is 3.86. The first-order valence-corrected chi connectivity index (χ1v) is 10.0. The molecule has 2 aromatic rings. The smallest absolute Gasteiger partial charge is 0.254 e. The molecule has 2 aromatic heterocycles. The maximum atomic E-state index is 12.7. The number of aryl methyl sites for hydroxylation is 1. The first-order valence-electron chi connectivity index (χ1n) is 9.04. The van der Waals surface area contributed by atoms with Gasteiger partial charge in [0, 0.05) is 30.7 Å². The average molecular weight is 375 g/mol. The van der Waals surface area contributed by atoms with Crippen LogP contribution in [0.4, 0.5) is 0 Å². The van der Waals surface area contributed by atoms with Gasteiger partial charge in [-0.15, -0.1) is 0 Å². The highest BCUT2D eigenvalue weighted by molar-refractivity contribution is 7.98. The van der Waals surface area contributed by atoms with E-state index in [1.54, 1.807) is 12.3 Å². The SMILES string of the molecule is Cc1cc(CSc2ncccc2C(=O)N[C@H](C)CC[C@H]2CCCO2)no1. The minimum atomic E-state index is -0.0863. The van der Waals surface area contributed by atoms with Crippen LogP contribution in [0.15, 0.2) is 33.9 Å². The number of hydrogen-bond donors (Lipinski definition) is 1. The van der Waals surface area contributed by atoms with Gasteiger partial charge in [-0.3, -0.25) is 4.79 Å². The van der Waals surface area contributed by atoms with Gasteiger partial charge in [-0.1, -0.05) is 16.9 Å². The molecule has 1 aliphatic rings. The molecule has 1 amide bonds. The number of ether oxygens (including phenoxy) is 1. The molecule has 1 fully saturated rings. The number of pyridine rings is 1. The maximum Gasteiger partial charge on any atom is 0.254 e. The van der Waals surface area contributed by atoms with Crippen molar-refractivity contribution in [1.29, 1.82) is 0 Å².